The van der Waals surface area contributed by atoms with Crippen LogP contribution in [-0.4, -0.2) is 24.8 Å². The molecule has 0 aliphatic rings. The highest BCUT2D eigenvalue weighted by Crippen LogP contribution is 2.22. The smallest absolute Gasteiger partial charge is 0.189 e. The van der Waals surface area contributed by atoms with Crippen molar-refractivity contribution < 1.29 is 23.8 Å². The number of phenolic OH excluding ortho intramolecular Hbond substituents is 1. The number of phenols is 1. The number of halogens is 1. The van der Waals surface area contributed by atoms with Gasteiger partial charge in [-0.15, -0.1) is 0 Å². The molecule has 0 unspecified atom stereocenters. The third kappa shape index (κ3) is 3.93. The van der Waals surface area contributed by atoms with E-state index in [1.54, 1.807) is 24.3 Å². The molecular weight excluding hydrogens is 287 g/mol. The quantitative estimate of drug-likeness (QED) is 0.505. The highest BCUT2D eigenvalue weighted by Gasteiger charge is 2.09. The van der Waals surface area contributed by atoms with Crippen molar-refractivity contribution in [3.63, 3.8) is 0 Å². The molecule has 0 saturated heterocycles. The van der Waals surface area contributed by atoms with E-state index >= 15 is 0 Å². The molecule has 0 saturated carbocycles. The molecule has 0 aliphatic heterocycles. The lowest BCUT2D eigenvalue weighted by Gasteiger charge is -2.07. The van der Waals surface area contributed by atoms with E-state index in [4.69, 9.17) is 9.47 Å². The van der Waals surface area contributed by atoms with E-state index in [0.29, 0.717) is 11.3 Å². The predicted octanol–water partition coefficient (Wildman–Crippen LogP) is 3.41. The second-order valence-electron chi connectivity index (χ2n) is 4.45. The van der Waals surface area contributed by atoms with Crippen LogP contribution in [0.15, 0.2) is 48.5 Å². The average molecular weight is 302 g/mol. The minimum absolute atomic E-state index is 0.0868. The Hall–Kier alpha value is -2.66. The first-order valence-corrected chi connectivity index (χ1v) is 6.53. The molecule has 0 aromatic heterocycles. The van der Waals surface area contributed by atoms with Crippen LogP contribution in [0.2, 0.25) is 0 Å². The maximum atomic E-state index is 13.2. The maximum absolute atomic E-state index is 13.2. The van der Waals surface area contributed by atoms with E-state index in [1.165, 1.54) is 19.3 Å². The van der Waals surface area contributed by atoms with Gasteiger partial charge in [0.2, 0.25) is 0 Å². The Kier molecular flexibility index (Phi) is 5.27. The molecular formula is C17H15FO4. The Bertz CT molecular complexity index is 695. The van der Waals surface area contributed by atoms with Gasteiger partial charge in [-0.3, -0.25) is 4.79 Å². The van der Waals surface area contributed by atoms with Crippen molar-refractivity contribution in [2.75, 3.05) is 13.9 Å². The molecule has 2 aromatic carbocycles. The Morgan fingerprint density at radius 3 is 2.82 bits per heavy atom. The van der Waals surface area contributed by atoms with Crippen LogP contribution >= 0.6 is 0 Å². The van der Waals surface area contributed by atoms with E-state index in [9.17, 15) is 14.3 Å². The van der Waals surface area contributed by atoms with Crippen LogP contribution in [-0.2, 0) is 4.74 Å². The summed E-state index contributed by atoms with van der Waals surface area (Å²) >= 11 is 0. The zero-order chi connectivity index (χ0) is 15.9. The SMILES string of the molecule is COCOc1ccccc1/C=C/C(=O)c1cc(F)ccc1O. The van der Waals surface area contributed by atoms with Gasteiger partial charge in [0.15, 0.2) is 12.6 Å². The van der Waals surface area contributed by atoms with E-state index < -0.39 is 11.6 Å². The van der Waals surface area contributed by atoms with Gasteiger partial charge in [0.05, 0.1) is 5.56 Å². The zero-order valence-electron chi connectivity index (χ0n) is 12.0. The van der Waals surface area contributed by atoms with Crippen LogP contribution < -0.4 is 4.74 Å². The van der Waals surface area contributed by atoms with E-state index in [0.717, 1.165) is 18.2 Å². The number of hydrogen-bond acceptors (Lipinski definition) is 4. The molecule has 4 nitrogen and oxygen atoms in total. The topological polar surface area (TPSA) is 55.8 Å². The van der Waals surface area contributed by atoms with Gasteiger partial charge in [0.25, 0.3) is 0 Å². The second-order valence-corrected chi connectivity index (χ2v) is 4.45. The van der Waals surface area contributed by atoms with Crippen molar-refractivity contribution >= 4 is 11.9 Å². The molecule has 114 valence electrons. The third-order valence-electron chi connectivity index (χ3n) is 2.89. The third-order valence-corrected chi connectivity index (χ3v) is 2.89. The van der Waals surface area contributed by atoms with Crippen LogP contribution in [0.25, 0.3) is 6.08 Å². The van der Waals surface area contributed by atoms with Crippen LogP contribution in [0.1, 0.15) is 15.9 Å². The number of carbonyl (C=O) groups excluding carboxylic acids is 1. The number of carbonyl (C=O) groups is 1. The Morgan fingerprint density at radius 1 is 1.27 bits per heavy atom. The van der Waals surface area contributed by atoms with Crippen LogP contribution in [0.5, 0.6) is 11.5 Å². The van der Waals surface area contributed by atoms with Gasteiger partial charge in [0.1, 0.15) is 17.3 Å². The van der Waals surface area contributed by atoms with Crippen molar-refractivity contribution in [2.45, 2.75) is 0 Å². The van der Waals surface area contributed by atoms with Crippen molar-refractivity contribution in [3.05, 3.63) is 65.5 Å². The predicted molar refractivity (Wildman–Crippen MR) is 80.4 cm³/mol. The lowest BCUT2D eigenvalue weighted by atomic mass is 10.1. The summed E-state index contributed by atoms with van der Waals surface area (Å²) in [5.74, 6) is -0.797. The molecule has 0 aliphatic carbocycles. The van der Waals surface area contributed by atoms with Crippen molar-refractivity contribution in [1.29, 1.82) is 0 Å². The normalized spacial score (nSPS) is 10.8. The minimum Gasteiger partial charge on any atom is -0.507 e. The lowest BCUT2D eigenvalue weighted by molar-refractivity contribution is 0.0510. The number of ether oxygens (including phenoxy) is 2. The minimum atomic E-state index is -0.585. The molecule has 2 aromatic rings. The molecule has 0 bridgehead atoms. The number of aromatic hydroxyl groups is 1. The van der Waals surface area contributed by atoms with Crippen molar-refractivity contribution in [3.8, 4) is 11.5 Å². The Labute approximate surface area is 127 Å². The molecule has 0 spiro atoms. The molecule has 5 heteroatoms. The van der Waals surface area contributed by atoms with E-state index in [1.807, 2.05) is 0 Å². The lowest BCUT2D eigenvalue weighted by Crippen LogP contribution is -2.00. The molecule has 2 rings (SSSR count). The van der Waals surface area contributed by atoms with Crippen LogP contribution in [0, 0.1) is 5.82 Å². The summed E-state index contributed by atoms with van der Waals surface area (Å²) in [5.41, 5.74) is 0.579. The fraction of sp³-hybridized carbons (Fsp3) is 0.118. The van der Waals surface area contributed by atoms with E-state index in [2.05, 4.69) is 0 Å². The van der Waals surface area contributed by atoms with Gasteiger partial charge in [-0.05, 0) is 36.4 Å². The molecule has 0 heterocycles. The molecule has 0 fully saturated rings. The molecule has 0 atom stereocenters. The number of allylic oxidation sites excluding steroid dienone is 1. The largest absolute Gasteiger partial charge is 0.507 e. The molecule has 0 radical (unpaired) electrons. The van der Waals surface area contributed by atoms with Gasteiger partial charge in [0, 0.05) is 12.7 Å². The van der Waals surface area contributed by atoms with Gasteiger partial charge >= 0.3 is 0 Å². The number of para-hydroxylation sites is 1. The van der Waals surface area contributed by atoms with Gasteiger partial charge in [-0.1, -0.05) is 18.2 Å². The molecule has 22 heavy (non-hydrogen) atoms. The number of benzene rings is 2. The summed E-state index contributed by atoms with van der Waals surface area (Å²) in [6.45, 7) is 0.0868. The summed E-state index contributed by atoms with van der Waals surface area (Å²) in [4.78, 5) is 12.0. The fourth-order valence-corrected chi connectivity index (χ4v) is 1.83. The Morgan fingerprint density at radius 2 is 2.05 bits per heavy atom. The second kappa shape index (κ2) is 7.38. The van der Waals surface area contributed by atoms with Crippen LogP contribution in [0.3, 0.4) is 0 Å². The summed E-state index contributed by atoms with van der Waals surface area (Å²) in [5, 5.41) is 9.61. The number of rotatable bonds is 6. The molecule has 0 amide bonds. The number of ketones is 1. The van der Waals surface area contributed by atoms with Crippen LogP contribution in [0.4, 0.5) is 4.39 Å². The first kappa shape index (κ1) is 15.7. The maximum Gasteiger partial charge on any atom is 0.189 e. The first-order valence-electron chi connectivity index (χ1n) is 6.53. The summed E-state index contributed by atoms with van der Waals surface area (Å²) < 4.78 is 23.4. The van der Waals surface area contributed by atoms with Gasteiger partial charge in [-0.25, -0.2) is 4.39 Å². The monoisotopic (exact) mass is 302 g/mol. The first-order chi connectivity index (χ1) is 10.6. The number of methoxy groups -OCH3 is 1. The Balaban J connectivity index is 2.21. The highest BCUT2D eigenvalue weighted by molar-refractivity contribution is 6.08. The van der Waals surface area contributed by atoms with Crippen molar-refractivity contribution in [2.24, 2.45) is 0 Å². The highest BCUT2D eigenvalue weighted by atomic mass is 19.1. The zero-order valence-corrected chi connectivity index (χ0v) is 12.0. The summed E-state index contributed by atoms with van der Waals surface area (Å²) in [6, 6.07) is 10.3. The van der Waals surface area contributed by atoms with Crippen molar-refractivity contribution in [1.82, 2.24) is 0 Å². The summed E-state index contributed by atoms with van der Waals surface area (Å²) in [7, 11) is 1.51. The van der Waals surface area contributed by atoms with E-state index in [-0.39, 0.29) is 18.1 Å². The number of hydrogen-bond donors (Lipinski definition) is 1. The van der Waals surface area contributed by atoms with Gasteiger partial charge < -0.3 is 14.6 Å². The fourth-order valence-electron chi connectivity index (χ4n) is 1.83. The average Bonchev–Trinajstić information content (AvgIpc) is 2.53. The van der Waals surface area contributed by atoms with Gasteiger partial charge in [-0.2, -0.15) is 0 Å². The standard InChI is InChI=1S/C17H15FO4/c1-21-11-22-17-5-3-2-4-12(17)6-8-15(19)14-10-13(18)7-9-16(14)20/h2-10,20H,11H2,1H3/b8-6+. The molecule has 1 N–H and O–H groups in total. The summed E-state index contributed by atoms with van der Waals surface area (Å²) in [6.07, 6.45) is 2.79.